The highest BCUT2D eigenvalue weighted by atomic mass is 35.5. The summed E-state index contributed by atoms with van der Waals surface area (Å²) in [5, 5.41) is 9.54. The minimum absolute atomic E-state index is 0.0289. The molecule has 1 heterocycles. The molecule has 0 amide bonds. The van der Waals surface area contributed by atoms with Crippen LogP contribution in [0, 0.1) is 0 Å². The van der Waals surface area contributed by atoms with Crippen molar-refractivity contribution in [1.82, 2.24) is 9.97 Å². The third kappa shape index (κ3) is 2.99. The Morgan fingerprint density at radius 2 is 2.21 bits per heavy atom. The summed E-state index contributed by atoms with van der Waals surface area (Å²) >= 11 is 5.65. The van der Waals surface area contributed by atoms with Crippen molar-refractivity contribution in [2.45, 2.75) is 18.4 Å². The predicted molar refractivity (Wildman–Crippen MR) is 71.9 cm³/mol. The SMILES string of the molecule is CCc1ncc(S(=O)(=O)Nc2ccc(Cl)c(O)c2)[nH]1. The summed E-state index contributed by atoms with van der Waals surface area (Å²) in [7, 11) is -3.75. The molecular weight excluding hydrogens is 290 g/mol. The third-order valence-electron chi connectivity index (χ3n) is 2.43. The molecule has 19 heavy (non-hydrogen) atoms. The number of aromatic nitrogens is 2. The summed E-state index contributed by atoms with van der Waals surface area (Å²) in [6.07, 6.45) is 1.86. The summed E-state index contributed by atoms with van der Waals surface area (Å²) in [6.45, 7) is 1.86. The van der Waals surface area contributed by atoms with Crippen LogP contribution < -0.4 is 4.72 Å². The normalized spacial score (nSPS) is 11.5. The second kappa shape index (κ2) is 5.10. The number of sulfonamides is 1. The van der Waals surface area contributed by atoms with E-state index >= 15 is 0 Å². The van der Waals surface area contributed by atoms with Crippen LogP contribution in [0.15, 0.2) is 29.4 Å². The highest BCUT2D eigenvalue weighted by Crippen LogP contribution is 2.27. The number of phenolic OH excluding ortho intramolecular Hbond substituents is 1. The predicted octanol–water partition coefficient (Wildman–Crippen LogP) is 2.13. The van der Waals surface area contributed by atoms with E-state index in [0.717, 1.165) is 0 Å². The summed E-state index contributed by atoms with van der Waals surface area (Å²) in [5.41, 5.74) is 0.217. The monoisotopic (exact) mass is 301 g/mol. The van der Waals surface area contributed by atoms with Gasteiger partial charge in [-0.2, -0.15) is 8.42 Å². The highest BCUT2D eigenvalue weighted by Gasteiger charge is 2.17. The van der Waals surface area contributed by atoms with Crippen molar-refractivity contribution >= 4 is 27.3 Å². The van der Waals surface area contributed by atoms with Gasteiger partial charge >= 0.3 is 0 Å². The van der Waals surface area contributed by atoms with E-state index in [0.29, 0.717) is 12.2 Å². The van der Waals surface area contributed by atoms with E-state index in [4.69, 9.17) is 11.6 Å². The number of H-pyrrole nitrogens is 1. The minimum Gasteiger partial charge on any atom is -0.506 e. The highest BCUT2D eigenvalue weighted by molar-refractivity contribution is 7.92. The van der Waals surface area contributed by atoms with Crippen LogP contribution in [0.3, 0.4) is 0 Å². The van der Waals surface area contributed by atoms with Gasteiger partial charge in [0.2, 0.25) is 0 Å². The zero-order valence-electron chi connectivity index (χ0n) is 10.0. The minimum atomic E-state index is -3.75. The van der Waals surface area contributed by atoms with Gasteiger partial charge in [0, 0.05) is 12.5 Å². The molecule has 0 fully saturated rings. The van der Waals surface area contributed by atoms with Gasteiger partial charge < -0.3 is 10.1 Å². The maximum atomic E-state index is 12.0. The van der Waals surface area contributed by atoms with Crippen LogP contribution in [0.2, 0.25) is 5.02 Å². The van der Waals surface area contributed by atoms with E-state index < -0.39 is 10.0 Å². The quantitative estimate of drug-likeness (QED) is 0.806. The van der Waals surface area contributed by atoms with E-state index in [1.54, 1.807) is 0 Å². The fourth-order valence-corrected chi connectivity index (χ4v) is 2.55. The summed E-state index contributed by atoms with van der Waals surface area (Å²) in [5.74, 6) is 0.389. The van der Waals surface area contributed by atoms with Crippen molar-refractivity contribution in [3.8, 4) is 5.75 Å². The van der Waals surface area contributed by atoms with Crippen LogP contribution >= 0.6 is 11.6 Å². The molecule has 1 aromatic heterocycles. The van der Waals surface area contributed by atoms with Gasteiger partial charge in [0.1, 0.15) is 11.6 Å². The topological polar surface area (TPSA) is 95.1 Å². The number of aromatic hydroxyl groups is 1. The lowest BCUT2D eigenvalue weighted by Gasteiger charge is -2.07. The van der Waals surface area contributed by atoms with Crippen LogP contribution in [0.25, 0.3) is 0 Å². The van der Waals surface area contributed by atoms with Gasteiger partial charge in [-0.05, 0) is 12.1 Å². The lowest BCUT2D eigenvalue weighted by molar-refractivity contribution is 0.476. The number of benzene rings is 1. The molecule has 3 N–H and O–H groups in total. The molecule has 8 heteroatoms. The molecule has 0 bridgehead atoms. The van der Waals surface area contributed by atoms with E-state index in [-0.39, 0.29) is 21.5 Å². The van der Waals surface area contributed by atoms with Crippen LogP contribution in [0.4, 0.5) is 5.69 Å². The fourth-order valence-electron chi connectivity index (χ4n) is 1.45. The van der Waals surface area contributed by atoms with Gasteiger partial charge in [0.05, 0.1) is 16.9 Å². The van der Waals surface area contributed by atoms with Crippen LogP contribution in [0.1, 0.15) is 12.7 Å². The fraction of sp³-hybridized carbons (Fsp3) is 0.182. The number of hydrogen-bond acceptors (Lipinski definition) is 4. The van der Waals surface area contributed by atoms with Gasteiger partial charge in [-0.15, -0.1) is 0 Å². The Kier molecular flexibility index (Phi) is 3.68. The zero-order valence-corrected chi connectivity index (χ0v) is 11.6. The zero-order chi connectivity index (χ0) is 14.0. The Morgan fingerprint density at radius 1 is 1.47 bits per heavy atom. The van der Waals surface area contributed by atoms with Gasteiger partial charge in [-0.3, -0.25) is 4.72 Å². The first kappa shape index (κ1) is 13.7. The molecule has 0 saturated carbocycles. The van der Waals surface area contributed by atoms with Gasteiger partial charge in [-0.1, -0.05) is 18.5 Å². The van der Waals surface area contributed by atoms with Crippen LogP contribution in [0.5, 0.6) is 5.75 Å². The molecule has 2 rings (SSSR count). The lowest BCUT2D eigenvalue weighted by Crippen LogP contribution is -2.13. The van der Waals surface area contributed by atoms with Crippen molar-refractivity contribution in [2.24, 2.45) is 0 Å². The molecule has 0 unspecified atom stereocenters. The first-order valence-corrected chi connectivity index (χ1v) is 7.33. The Morgan fingerprint density at radius 3 is 2.79 bits per heavy atom. The second-order valence-electron chi connectivity index (χ2n) is 3.82. The summed E-state index contributed by atoms with van der Waals surface area (Å²) < 4.78 is 26.4. The number of halogens is 1. The van der Waals surface area contributed by atoms with Crippen molar-refractivity contribution in [3.63, 3.8) is 0 Å². The third-order valence-corrected chi connectivity index (χ3v) is 4.04. The second-order valence-corrected chi connectivity index (χ2v) is 5.88. The standard InChI is InChI=1S/C11H12ClN3O3S/c1-2-10-13-6-11(14-10)19(17,18)15-7-3-4-8(12)9(16)5-7/h3-6,15-16H,2H2,1H3,(H,13,14). The number of phenols is 1. The van der Waals surface area contributed by atoms with Crippen molar-refractivity contribution in [3.05, 3.63) is 35.2 Å². The largest absolute Gasteiger partial charge is 0.506 e. The number of anilines is 1. The number of hydrogen-bond donors (Lipinski definition) is 3. The smallest absolute Gasteiger partial charge is 0.278 e. The molecule has 0 aliphatic rings. The Bertz CT molecular complexity index is 697. The molecule has 0 radical (unpaired) electrons. The maximum Gasteiger partial charge on any atom is 0.278 e. The molecule has 6 nitrogen and oxygen atoms in total. The Hall–Kier alpha value is -1.73. The van der Waals surface area contributed by atoms with Gasteiger partial charge in [0.15, 0.2) is 5.03 Å². The Balaban J connectivity index is 2.28. The molecule has 0 saturated heterocycles. The van der Waals surface area contributed by atoms with Gasteiger partial charge in [0.25, 0.3) is 10.0 Å². The number of aromatic amines is 1. The molecule has 0 aliphatic heterocycles. The average molecular weight is 302 g/mol. The molecular formula is C11H12ClN3O3S. The van der Waals surface area contributed by atoms with Crippen molar-refractivity contribution in [1.29, 1.82) is 0 Å². The first-order chi connectivity index (χ1) is 8.92. The van der Waals surface area contributed by atoms with E-state index in [9.17, 15) is 13.5 Å². The first-order valence-electron chi connectivity index (χ1n) is 5.47. The lowest BCUT2D eigenvalue weighted by atomic mass is 10.3. The van der Waals surface area contributed by atoms with Crippen molar-refractivity contribution in [2.75, 3.05) is 4.72 Å². The molecule has 102 valence electrons. The molecule has 0 spiro atoms. The number of nitrogens with zero attached hydrogens (tertiary/aromatic N) is 1. The van der Waals surface area contributed by atoms with Crippen molar-refractivity contribution < 1.29 is 13.5 Å². The van der Waals surface area contributed by atoms with Gasteiger partial charge in [-0.25, -0.2) is 4.98 Å². The summed E-state index contributed by atoms with van der Waals surface area (Å²) in [4.78, 5) is 6.63. The molecule has 0 aliphatic carbocycles. The summed E-state index contributed by atoms with van der Waals surface area (Å²) in [6, 6.07) is 4.09. The van der Waals surface area contributed by atoms with Crippen LogP contribution in [-0.2, 0) is 16.4 Å². The molecule has 1 aromatic carbocycles. The number of aryl methyl sites for hydroxylation is 1. The molecule has 0 atom stereocenters. The Labute approximate surface area is 115 Å². The maximum absolute atomic E-state index is 12.0. The van der Waals surface area contributed by atoms with E-state index in [1.807, 2.05) is 6.92 Å². The molecule has 2 aromatic rings. The van der Waals surface area contributed by atoms with Crippen LogP contribution in [-0.4, -0.2) is 23.5 Å². The van der Waals surface area contributed by atoms with E-state index in [1.165, 1.54) is 24.4 Å². The van der Waals surface area contributed by atoms with E-state index in [2.05, 4.69) is 14.7 Å². The number of nitrogens with one attached hydrogen (secondary N) is 2. The average Bonchev–Trinajstić information content (AvgIpc) is 2.83. The number of imidazole rings is 1. The number of rotatable bonds is 4.